The van der Waals surface area contributed by atoms with E-state index >= 15 is 0 Å². The molecule has 0 bridgehead atoms. The van der Waals surface area contributed by atoms with Crippen molar-refractivity contribution in [1.82, 2.24) is 0 Å². The molecule has 2 rings (SSSR count). The van der Waals surface area contributed by atoms with Crippen LogP contribution in [0.25, 0.3) is 0 Å². The molecular formula is C10H12O3. The minimum atomic E-state index is -0.166. The van der Waals surface area contributed by atoms with Crippen LogP contribution in [0.3, 0.4) is 0 Å². The van der Waals surface area contributed by atoms with Crippen molar-refractivity contribution < 1.29 is 14.9 Å². The fourth-order valence-electron chi connectivity index (χ4n) is 1.57. The first kappa shape index (κ1) is 8.38. The predicted molar refractivity (Wildman–Crippen MR) is 47.9 cm³/mol. The Kier molecular flexibility index (Phi) is 2.10. The number of aliphatic hydroxyl groups is 1. The highest BCUT2D eigenvalue weighted by Gasteiger charge is 2.20. The third kappa shape index (κ3) is 1.47. The Morgan fingerprint density at radius 1 is 1.46 bits per heavy atom. The van der Waals surface area contributed by atoms with Gasteiger partial charge >= 0.3 is 0 Å². The third-order valence-corrected chi connectivity index (χ3v) is 2.30. The average Bonchev–Trinajstić information content (AvgIpc) is 2.18. The van der Waals surface area contributed by atoms with Crippen molar-refractivity contribution in [2.24, 2.45) is 0 Å². The highest BCUT2D eigenvalue weighted by molar-refractivity contribution is 5.46. The van der Waals surface area contributed by atoms with Crippen molar-refractivity contribution in [2.45, 2.75) is 18.9 Å². The molecule has 0 saturated heterocycles. The lowest BCUT2D eigenvalue weighted by atomic mass is 10.0. The Morgan fingerprint density at radius 3 is 3.08 bits per heavy atom. The summed E-state index contributed by atoms with van der Waals surface area (Å²) in [6.45, 7) is 0.00771. The molecule has 0 saturated carbocycles. The van der Waals surface area contributed by atoms with Gasteiger partial charge < -0.3 is 14.9 Å². The second-order valence-electron chi connectivity index (χ2n) is 3.23. The van der Waals surface area contributed by atoms with Crippen LogP contribution in [0.2, 0.25) is 0 Å². The number of aromatic hydroxyl groups is 1. The number of hydrogen-bond donors (Lipinski definition) is 2. The number of ether oxygens (including phenoxy) is 1. The van der Waals surface area contributed by atoms with E-state index in [1.54, 1.807) is 12.1 Å². The number of hydrogen-bond acceptors (Lipinski definition) is 3. The van der Waals surface area contributed by atoms with E-state index in [1.807, 2.05) is 6.07 Å². The van der Waals surface area contributed by atoms with E-state index in [1.165, 1.54) is 0 Å². The maximum Gasteiger partial charge on any atom is 0.164 e. The molecule has 1 heterocycles. The summed E-state index contributed by atoms with van der Waals surface area (Å²) in [5, 5.41) is 18.4. The number of phenols is 1. The molecule has 0 spiro atoms. The van der Waals surface area contributed by atoms with Crippen LogP contribution in [-0.4, -0.2) is 22.9 Å². The van der Waals surface area contributed by atoms with Crippen LogP contribution in [0.5, 0.6) is 11.5 Å². The molecule has 0 unspecified atom stereocenters. The van der Waals surface area contributed by atoms with Gasteiger partial charge in [0.15, 0.2) is 11.5 Å². The lowest BCUT2D eigenvalue weighted by molar-refractivity contribution is 0.0947. The zero-order valence-corrected chi connectivity index (χ0v) is 7.23. The van der Waals surface area contributed by atoms with E-state index in [4.69, 9.17) is 9.84 Å². The van der Waals surface area contributed by atoms with Gasteiger partial charge in [-0.15, -0.1) is 0 Å². The van der Waals surface area contributed by atoms with E-state index in [9.17, 15) is 5.11 Å². The monoisotopic (exact) mass is 180 g/mol. The Morgan fingerprint density at radius 2 is 2.31 bits per heavy atom. The van der Waals surface area contributed by atoms with E-state index in [0.717, 1.165) is 18.4 Å². The van der Waals surface area contributed by atoms with Crippen LogP contribution in [0, 0.1) is 0 Å². The van der Waals surface area contributed by atoms with Gasteiger partial charge in [0.1, 0.15) is 6.10 Å². The van der Waals surface area contributed by atoms with Gasteiger partial charge in [0.2, 0.25) is 0 Å². The first-order valence-corrected chi connectivity index (χ1v) is 4.39. The lowest BCUT2D eigenvalue weighted by Gasteiger charge is -2.24. The SMILES string of the molecule is OC[C@H]1CCc2cccc(O)c2O1. The van der Waals surface area contributed by atoms with E-state index in [-0.39, 0.29) is 18.5 Å². The van der Waals surface area contributed by atoms with Gasteiger partial charge in [-0.25, -0.2) is 0 Å². The smallest absolute Gasteiger partial charge is 0.164 e. The standard InChI is InChI=1S/C10H12O3/c11-6-8-5-4-7-2-1-3-9(12)10(7)13-8/h1-3,8,11-12H,4-6H2/t8-/m1/s1. The summed E-state index contributed by atoms with van der Waals surface area (Å²) in [7, 11) is 0. The second kappa shape index (κ2) is 3.26. The third-order valence-electron chi connectivity index (χ3n) is 2.30. The molecule has 3 heteroatoms. The fourth-order valence-corrected chi connectivity index (χ4v) is 1.57. The Bertz CT molecular complexity index is 309. The average molecular weight is 180 g/mol. The van der Waals surface area contributed by atoms with Gasteiger partial charge in [0, 0.05) is 0 Å². The summed E-state index contributed by atoms with van der Waals surface area (Å²) in [5.41, 5.74) is 1.02. The number of fused-ring (bicyclic) bond motifs is 1. The Balaban J connectivity index is 2.32. The van der Waals surface area contributed by atoms with Gasteiger partial charge in [0.05, 0.1) is 6.61 Å². The van der Waals surface area contributed by atoms with Crippen molar-refractivity contribution in [2.75, 3.05) is 6.61 Å². The number of aryl methyl sites for hydroxylation is 1. The molecule has 0 radical (unpaired) electrons. The molecule has 3 nitrogen and oxygen atoms in total. The van der Waals surface area contributed by atoms with Gasteiger partial charge in [-0.05, 0) is 24.5 Å². The zero-order chi connectivity index (χ0) is 9.26. The molecular weight excluding hydrogens is 168 g/mol. The van der Waals surface area contributed by atoms with Crippen LogP contribution in [-0.2, 0) is 6.42 Å². The topological polar surface area (TPSA) is 49.7 Å². The van der Waals surface area contributed by atoms with Crippen molar-refractivity contribution in [3.63, 3.8) is 0 Å². The molecule has 2 N–H and O–H groups in total. The summed E-state index contributed by atoms with van der Waals surface area (Å²) >= 11 is 0. The van der Waals surface area contributed by atoms with Crippen molar-refractivity contribution >= 4 is 0 Å². The predicted octanol–water partition coefficient (Wildman–Crippen LogP) is 1.08. The highest BCUT2D eigenvalue weighted by Crippen LogP contribution is 2.35. The minimum Gasteiger partial charge on any atom is -0.504 e. The van der Waals surface area contributed by atoms with E-state index in [0.29, 0.717) is 5.75 Å². The summed E-state index contributed by atoms with van der Waals surface area (Å²) in [5.74, 6) is 0.698. The van der Waals surface area contributed by atoms with Gasteiger partial charge in [-0.2, -0.15) is 0 Å². The van der Waals surface area contributed by atoms with Crippen molar-refractivity contribution in [3.8, 4) is 11.5 Å². The molecule has 0 amide bonds. The van der Waals surface area contributed by atoms with Gasteiger partial charge in [-0.3, -0.25) is 0 Å². The first-order chi connectivity index (χ1) is 6.31. The first-order valence-electron chi connectivity index (χ1n) is 4.39. The number of phenolic OH excluding ortho intramolecular Hbond substituents is 1. The van der Waals surface area contributed by atoms with Crippen LogP contribution in [0.15, 0.2) is 18.2 Å². The molecule has 1 aliphatic rings. The van der Waals surface area contributed by atoms with Gasteiger partial charge in [0.25, 0.3) is 0 Å². The van der Waals surface area contributed by atoms with Gasteiger partial charge in [-0.1, -0.05) is 12.1 Å². The minimum absolute atomic E-state index is 0.00771. The lowest BCUT2D eigenvalue weighted by Crippen LogP contribution is -2.26. The maximum atomic E-state index is 9.46. The molecule has 0 aliphatic carbocycles. The summed E-state index contributed by atoms with van der Waals surface area (Å²) in [6, 6.07) is 5.33. The van der Waals surface area contributed by atoms with Crippen LogP contribution >= 0.6 is 0 Å². The van der Waals surface area contributed by atoms with Crippen LogP contribution in [0.4, 0.5) is 0 Å². The molecule has 70 valence electrons. The normalized spacial score (nSPS) is 20.5. The largest absolute Gasteiger partial charge is 0.504 e. The summed E-state index contributed by atoms with van der Waals surface area (Å²) < 4.78 is 5.41. The Labute approximate surface area is 76.6 Å². The second-order valence-corrected chi connectivity index (χ2v) is 3.23. The molecule has 0 aromatic heterocycles. The number of para-hydroxylation sites is 1. The summed E-state index contributed by atoms with van der Waals surface area (Å²) in [6.07, 6.45) is 1.50. The number of rotatable bonds is 1. The molecule has 1 aromatic carbocycles. The Hall–Kier alpha value is -1.22. The van der Waals surface area contributed by atoms with E-state index in [2.05, 4.69) is 0 Å². The van der Waals surface area contributed by atoms with Crippen LogP contribution < -0.4 is 4.74 Å². The van der Waals surface area contributed by atoms with Crippen LogP contribution in [0.1, 0.15) is 12.0 Å². The number of benzene rings is 1. The zero-order valence-electron chi connectivity index (χ0n) is 7.23. The molecule has 0 fully saturated rings. The molecule has 1 aliphatic heterocycles. The fraction of sp³-hybridized carbons (Fsp3) is 0.400. The highest BCUT2D eigenvalue weighted by atomic mass is 16.5. The van der Waals surface area contributed by atoms with Crippen molar-refractivity contribution in [1.29, 1.82) is 0 Å². The maximum absolute atomic E-state index is 9.46. The summed E-state index contributed by atoms with van der Waals surface area (Å²) in [4.78, 5) is 0. The molecule has 1 atom stereocenters. The molecule has 13 heavy (non-hydrogen) atoms. The van der Waals surface area contributed by atoms with E-state index < -0.39 is 0 Å². The number of aliphatic hydroxyl groups excluding tert-OH is 1. The quantitative estimate of drug-likeness (QED) is 0.679. The molecule has 1 aromatic rings. The van der Waals surface area contributed by atoms with Crippen molar-refractivity contribution in [3.05, 3.63) is 23.8 Å².